The average molecular weight is 1610 g/mol. The van der Waals surface area contributed by atoms with Crippen LogP contribution in [0.15, 0.2) is 146 Å². The number of likely N-dealkylation sites (tertiary alicyclic amines) is 3. The van der Waals surface area contributed by atoms with Crippen molar-refractivity contribution in [3.05, 3.63) is 211 Å². The predicted octanol–water partition coefficient (Wildman–Crippen LogP) is 9.47. The minimum atomic E-state index is -1.00. The maximum Gasteiger partial charge on any atom is 1.00 e. The summed E-state index contributed by atoms with van der Waals surface area (Å²) in [5.41, 5.74) is 11.9. The van der Waals surface area contributed by atoms with Crippen molar-refractivity contribution in [2.24, 2.45) is 11.5 Å². The molecule has 3 fully saturated rings. The van der Waals surface area contributed by atoms with Gasteiger partial charge in [-0.05, 0) is 178 Å². The van der Waals surface area contributed by atoms with Crippen LogP contribution in [0.4, 0.5) is 36.3 Å². The summed E-state index contributed by atoms with van der Waals surface area (Å²) in [5, 5.41) is 24.0. The number of alkyl halides is 3. The topological polar surface area (TPSA) is 307 Å². The summed E-state index contributed by atoms with van der Waals surface area (Å²) in [6.45, 7) is 16.2. The number of carbonyl (C=O) groups is 7. The molecule has 3 heterocycles. The Labute approximate surface area is 689 Å². The van der Waals surface area contributed by atoms with E-state index in [0.717, 1.165) is 30.9 Å². The first-order chi connectivity index (χ1) is 50.2. The summed E-state index contributed by atoms with van der Waals surface area (Å²) in [7, 11) is 2.62. The number of carbonyl (C=O) groups excluding carboxylic acids is 7. The van der Waals surface area contributed by atoms with E-state index in [0.29, 0.717) is 72.0 Å². The zero-order valence-corrected chi connectivity index (χ0v) is 70.6. The first kappa shape index (κ1) is 103. The van der Waals surface area contributed by atoms with Gasteiger partial charge < -0.3 is 74.8 Å². The molecule has 0 aliphatic carbocycles. The van der Waals surface area contributed by atoms with Crippen molar-refractivity contribution >= 4 is 58.5 Å². The number of aliphatic hydroxyl groups excluding tert-OH is 2. The third-order valence-electron chi connectivity index (χ3n) is 14.9. The summed E-state index contributed by atoms with van der Waals surface area (Å²) in [6, 6.07) is 37.7. The number of hydrogen-bond donors (Lipinski definition) is 5. The molecule has 590 valence electrons. The standard InChI is InChI=1S/C24H28FNO5.C23H27FN2O4.C17H23NO5.C7H6BrF.2CH3F.CH3NO.2CH4O.2CH3.2Na/c1-24(2,3)31-23(28)26-20(13-14-21(26)22(27)29-4)16-9-11-18(12-10-16)30-15-17-7-5-6-8-19(17)25;1-23(2,3)30-22(28)26-19(12-13-20(26)21(25)27)15-8-10-17(11-9-15)29-14-16-6-4-5-7-18(16)24;1-17(2,3)23-16(21)18-13(9-10-14(18)15(20)22-4)11-5-7-12(19)8-6-11;8-5-6-3-1-2-4-7(6)9;2*1-2;2-1-3;2*1-2;;;;/h5-12,20-21H,13-15H2,1-4H3;4-11,19-20H,12-14H2,1-3H3,(H2,25,27);5-8,13-14,19H,9-10H2,1-4H3;1-4H,5H2;2*1H3;1H,(H2,2,3);2*2H,1H3;2*1H3;;/q;;;;;;;;;2*-1;2*+1/t20-,21+;19-,20+;13-,14+;;;;;;;;;;/m111........../s1/i;;;;2*1D;;;;;;;. The maximum absolute atomic E-state index is 13.8. The minimum Gasteiger partial charge on any atom is -0.508 e. The van der Waals surface area contributed by atoms with Crippen molar-refractivity contribution in [1.82, 2.24) is 14.7 Å². The van der Waals surface area contributed by atoms with Gasteiger partial charge in [-0.25, -0.2) is 37.1 Å². The molecular formula is C78H107BrF5N5Na2O17. The number of methoxy groups -OCH3 is 2. The van der Waals surface area contributed by atoms with E-state index in [2.05, 4.69) is 21.7 Å². The molecule has 6 atom stereocenters. The van der Waals surface area contributed by atoms with Gasteiger partial charge in [0.05, 0.1) is 49.4 Å². The summed E-state index contributed by atoms with van der Waals surface area (Å²) in [5.74, 6) is -0.913. The molecule has 6 aromatic rings. The second-order valence-electron chi connectivity index (χ2n) is 25.3. The fourth-order valence-electron chi connectivity index (χ4n) is 10.6. The van der Waals surface area contributed by atoms with Gasteiger partial charge in [-0.15, -0.1) is 0 Å². The van der Waals surface area contributed by atoms with E-state index in [1.807, 2.05) is 30.3 Å². The zero-order valence-electron chi connectivity index (χ0n) is 67.0. The molecule has 7 N–H and O–H groups in total. The van der Waals surface area contributed by atoms with Crippen LogP contribution in [-0.2, 0) is 61.4 Å². The number of nitrogens with two attached hydrogens (primary N) is 2. The molecule has 0 saturated carbocycles. The Morgan fingerprint density at radius 1 is 0.491 bits per heavy atom. The number of aromatic hydroxyl groups is 1. The van der Waals surface area contributed by atoms with Crippen molar-refractivity contribution in [1.29, 1.82) is 0 Å². The molecule has 0 bridgehead atoms. The van der Waals surface area contributed by atoms with Crippen molar-refractivity contribution in [3.63, 3.8) is 0 Å². The zero-order chi connectivity index (χ0) is 80.5. The third kappa shape index (κ3) is 35.9. The van der Waals surface area contributed by atoms with Gasteiger partial charge in [0, 0.05) is 30.7 Å². The number of phenols is 1. The van der Waals surface area contributed by atoms with Crippen LogP contribution < -0.4 is 80.1 Å². The molecule has 22 nitrogen and oxygen atoms in total. The first-order valence-corrected chi connectivity index (χ1v) is 33.5. The quantitative estimate of drug-likeness (QED) is 0.0137. The van der Waals surface area contributed by atoms with Gasteiger partial charge in [0.1, 0.15) is 82.8 Å². The number of ether oxygens (including phenoxy) is 7. The molecule has 0 spiro atoms. The van der Waals surface area contributed by atoms with E-state index in [4.69, 9.17) is 56.6 Å². The number of rotatable bonds is 13. The molecular weight excluding hydrogens is 1500 g/mol. The minimum absolute atomic E-state index is 0. The van der Waals surface area contributed by atoms with E-state index < -0.39 is 85.4 Å². The van der Waals surface area contributed by atoms with Crippen molar-refractivity contribution in [3.8, 4) is 17.2 Å². The SMILES string of the molecule is CC(C)(C)OC(=O)N1[C@@H](c2ccc(OCc3ccccc3F)cc2)CC[C@H]1C(N)=O.CO.CO.COC(=O)[C@@H]1CC[C@H](c2ccc(O)cc2)N1C(=O)OC(C)(C)C.COC(=O)[C@@H]1CC[C@H](c2ccc(OCc3ccccc3F)cc2)N1C(=O)OC(C)(C)C.Fc1ccccc1CBr.NC=O.[2H]CF.[2H]CF.[CH3-].[CH3-].[Na+].[Na+]. The van der Waals surface area contributed by atoms with Crippen LogP contribution in [0.2, 0.25) is 0 Å². The monoisotopic (exact) mass is 1610 g/mol. The van der Waals surface area contributed by atoms with Gasteiger partial charge >= 0.3 is 89.3 Å². The summed E-state index contributed by atoms with van der Waals surface area (Å²) in [4.78, 5) is 87.3. The number of nitrogens with zero attached hydrogens (tertiary/aromatic N) is 3. The van der Waals surface area contributed by atoms with Crippen LogP contribution >= 0.6 is 15.9 Å². The Bertz CT molecular complexity index is 3610. The predicted molar refractivity (Wildman–Crippen MR) is 400 cm³/mol. The van der Waals surface area contributed by atoms with Gasteiger partial charge in [0.2, 0.25) is 12.3 Å². The number of esters is 2. The van der Waals surface area contributed by atoms with Crippen molar-refractivity contribution < 1.29 is 166 Å². The number of amides is 5. The summed E-state index contributed by atoms with van der Waals surface area (Å²) in [6.07, 6.45) is 1.91. The Balaban J connectivity index is -0.000000666. The molecule has 108 heavy (non-hydrogen) atoms. The van der Waals surface area contributed by atoms with Crippen LogP contribution in [0, 0.1) is 32.3 Å². The Morgan fingerprint density at radius 3 is 0.981 bits per heavy atom. The Morgan fingerprint density at radius 2 is 0.741 bits per heavy atom. The summed E-state index contributed by atoms with van der Waals surface area (Å²) >= 11 is 3.17. The number of benzene rings is 6. The number of hydrogen-bond acceptors (Lipinski definition) is 17. The number of halogens is 6. The molecule has 9 rings (SSSR count). The maximum atomic E-state index is 13.8. The Kier molecular flexibility index (Phi) is 52.2. The second-order valence-corrected chi connectivity index (χ2v) is 25.8. The van der Waals surface area contributed by atoms with Gasteiger partial charge in [-0.1, -0.05) is 107 Å². The Hall–Kier alpha value is -7.54. The van der Waals surface area contributed by atoms with E-state index in [9.17, 15) is 55.8 Å². The third-order valence-corrected chi connectivity index (χ3v) is 15.5. The molecule has 0 unspecified atom stereocenters. The van der Waals surface area contributed by atoms with Crippen LogP contribution in [-0.4, -0.2) is 150 Å². The molecule has 0 aromatic heterocycles. The van der Waals surface area contributed by atoms with Gasteiger partial charge in [-0.2, -0.15) is 0 Å². The van der Waals surface area contributed by atoms with Crippen molar-refractivity contribution in [2.45, 2.75) is 172 Å². The molecule has 5 amide bonds. The number of aliphatic hydroxyl groups is 2. The molecule has 6 aromatic carbocycles. The smallest absolute Gasteiger partial charge is 0.508 e. The number of phenolic OH excluding ortho intramolecular Hbond substituents is 1. The largest absolute Gasteiger partial charge is 1.00 e. The van der Waals surface area contributed by atoms with E-state index in [-0.39, 0.29) is 135 Å². The van der Waals surface area contributed by atoms with Gasteiger partial charge in [0.15, 0.2) is 0 Å². The van der Waals surface area contributed by atoms with E-state index >= 15 is 0 Å². The van der Waals surface area contributed by atoms with E-state index in [1.165, 1.54) is 47.1 Å². The molecule has 0 radical (unpaired) electrons. The molecule has 3 aliphatic heterocycles. The van der Waals surface area contributed by atoms with E-state index in [1.54, 1.807) is 159 Å². The van der Waals surface area contributed by atoms with Crippen LogP contribution in [0.5, 0.6) is 17.2 Å². The van der Waals surface area contributed by atoms with Crippen LogP contribution in [0.1, 0.15) is 155 Å². The molecule has 3 saturated heterocycles. The molecule has 30 heteroatoms. The fourth-order valence-corrected chi connectivity index (χ4v) is 11.0. The number of primary amides is 2. The van der Waals surface area contributed by atoms with Crippen LogP contribution in [0.25, 0.3) is 0 Å². The van der Waals surface area contributed by atoms with Crippen LogP contribution in [0.3, 0.4) is 0 Å². The first-order valence-electron chi connectivity index (χ1n) is 33.8. The second kappa shape index (κ2) is 55.0. The van der Waals surface area contributed by atoms with Crippen molar-refractivity contribution in [2.75, 3.05) is 42.7 Å². The summed E-state index contributed by atoms with van der Waals surface area (Å²) < 4.78 is 109. The average Bonchev–Trinajstić information content (AvgIpc) is 1.59. The normalized spacial score (nSPS) is 16.4. The fraction of sp³-hybridized carbons (Fsp3) is 0.423. The molecule has 3 aliphatic rings. The van der Waals surface area contributed by atoms with Gasteiger partial charge in [0.25, 0.3) is 0 Å². The van der Waals surface area contributed by atoms with Gasteiger partial charge in [-0.3, -0.25) is 33.1 Å².